The summed E-state index contributed by atoms with van der Waals surface area (Å²) in [6, 6.07) is 76.3. The molecule has 0 aliphatic rings. The molecule has 0 fully saturated rings. The fourth-order valence-corrected chi connectivity index (χ4v) is 12.0. The van der Waals surface area contributed by atoms with Crippen LogP contribution in [0, 0.1) is 0 Å². The van der Waals surface area contributed by atoms with E-state index in [0.29, 0.717) is 37.1 Å². The molecule has 0 aliphatic carbocycles. The monoisotopic (exact) mass is 1050 g/mol. The molecule has 0 amide bonds. The number of unbranched alkanes of at least 4 members (excludes halogenated alkanes) is 3. The molecule has 7 heteroatoms. The van der Waals surface area contributed by atoms with E-state index in [1.54, 1.807) is 0 Å². The third kappa shape index (κ3) is 10.4. The van der Waals surface area contributed by atoms with Gasteiger partial charge in [-0.1, -0.05) is 222 Å². The van der Waals surface area contributed by atoms with Crippen LogP contribution >= 0.6 is 8.60 Å². The molecule has 0 unspecified atom stereocenters. The first-order chi connectivity index (χ1) is 39.1. The summed E-state index contributed by atoms with van der Waals surface area (Å²) in [6.07, 6.45) is 5.79. The predicted octanol–water partition coefficient (Wildman–Crippen LogP) is 20.9. The van der Waals surface area contributed by atoms with Crippen LogP contribution in [-0.2, 0) is 0 Å². The van der Waals surface area contributed by atoms with Gasteiger partial charge >= 0.3 is 8.60 Å². The van der Waals surface area contributed by atoms with E-state index in [2.05, 4.69) is 239 Å². The Morgan fingerprint density at radius 2 is 0.443 bits per heavy atom. The number of ether oxygens (including phenoxy) is 3. The largest absolute Gasteiger partial charge is 0.530 e. The topological polar surface area (TPSA) is 55.4 Å². The van der Waals surface area contributed by atoms with E-state index in [0.717, 1.165) is 154 Å². The van der Waals surface area contributed by atoms with Crippen LogP contribution in [0.4, 0.5) is 0 Å². The molecule has 0 heterocycles. The summed E-state index contributed by atoms with van der Waals surface area (Å²) in [6.45, 7) is 8.29. The predicted molar refractivity (Wildman–Crippen MR) is 331 cm³/mol. The average Bonchev–Trinajstić information content (AvgIpc) is 3.69. The summed E-state index contributed by atoms with van der Waals surface area (Å²) >= 11 is 0. The van der Waals surface area contributed by atoms with Gasteiger partial charge in [-0.15, -0.1) is 0 Å². The molecule has 12 aromatic carbocycles. The Bertz CT molecular complexity index is 3730. The molecule has 0 aliphatic heterocycles. The summed E-state index contributed by atoms with van der Waals surface area (Å²) in [5, 5.41) is 12.7. The van der Waals surface area contributed by atoms with Crippen LogP contribution in [0.15, 0.2) is 218 Å². The minimum absolute atomic E-state index is 0.577. The molecule has 12 aromatic rings. The van der Waals surface area contributed by atoms with Crippen LogP contribution in [0.5, 0.6) is 34.5 Å². The third-order valence-electron chi connectivity index (χ3n) is 14.9. The van der Waals surface area contributed by atoms with Gasteiger partial charge in [-0.25, -0.2) is 0 Å². The first-order valence-electron chi connectivity index (χ1n) is 27.9. The molecule has 0 atom stereocenters. The van der Waals surface area contributed by atoms with Crippen molar-refractivity contribution >= 4 is 73.2 Å². The maximum Gasteiger partial charge on any atom is 0.530 e. The molecule has 0 spiro atoms. The lowest BCUT2D eigenvalue weighted by Crippen LogP contribution is -2.07. The van der Waals surface area contributed by atoms with Crippen molar-refractivity contribution in [2.75, 3.05) is 19.8 Å². The maximum absolute atomic E-state index is 7.65. The van der Waals surface area contributed by atoms with Gasteiger partial charge < -0.3 is 27.8 Å². The van der Waals surface area contributed by atoms with Crippen LogP contribution in [0.25, 0.3) is 98.0 Å². The van der Waals surface area contributed by atoms with Crippen LogP contribution in [0.3, 0.4) is 0 Å². The summed E-state index contributed by atoms with van der Waals surface area (Å²) < 4.78 is 43.3. The highest BCUT2D eigenvalue weighted by Crippen LogP contribution is 2.56. The minimum Gasteiger partial charge on any atom is -0.493 e. The van der Waals surface area contributed by atoms with Crippen LogP contribution < -0.4 is 27.8 Å². The number of fused-ring (bicyclic) bond motifs is 6. The number of rotatable bonds is 21. The molecule has 0 bridgehead atoms. The smallest absolute Gasteiger partial charge is 0.493 e. The highest BCUT2D eigenvalue weighted by atomic mass is 31.2. The van der Waals surface area contributed by atoms with Crippen molar-refractivity contribution in [1.82, 2.24) is 0 Å². The molecule has 79 heavy (non-hydrogen) atoms. The highest BCUT2D eigenvalue weighted by molar-refractivity contribution is 7.43. The lowest BCUT2D eigenvalue weighted by Gasteiger charge is -2.25. The van der Waals surface area contributed by atoms with E-state index < -0.39 is 8.60 Å². The van der Waals surface area contributed by atoms with Crippen molar-refractivity contribution < 1.29 is 27.8 Å². The Labute approximate surface area is 464 Å². The quantitative estimate of drug-likeness (QED) is 0.0528. The zero-order chi connectivity index (χ0) is 53.5. The summed E-state index contributed by atoms with van der Waals surface area (Å²) in [5.74, 6) is 4.12. The standard InChI is InChI=1S/C72H63O6P/c1-4-7-46-73-61-40-34-49-22-10-16-28-55(49)67(61)70-58-31-19-13-25-52(58)37-43-64(70)76-79(77-65-44-38-53-26-14-20-32-59(53)71(65)68-56-29-17-11-23-50(56)35-41-62(68)74-47-8-5-2)78-66-45-39-54-27-15-21-33-60(54)72(66)69-57-30-18-12-24-51(57)36-42-63(69)75-48-9-6-3/h10-45H,4-9,46-48H2,1-3H3. The minimum atomic E-state index is -2.40. The zero-order valence-electron chi connectivity index (χ0n) is 45.0. The van der Waals surface area contributed by atoms with E-state index in [1.807, 2.05) is 0 Å². The van der Waals surface area contributed by atoms with Gasteiger partial charge in [0.05, 0.1) is 19.8 Å². The molecule has 0 saturated carbocycles. The van der Waals surface area contributed by atoms with Gasteiger partial charge in [-0.2, -0.15) is 0 Å². The van der Waals surface area contributed by atoms with Crippen molar-refractivity contribution in [3.05, 3.63) is 218 Å². The Kier molecular flexibility index (Phi) is 15.3. The van der Waals surface area contributed by atoms with Gasteiger partial charge in [0.25, 0.3) is 0 Å². The Hall–Kier alpha value is -8.57. The molecular weight excluding hydrogens is 992 g/mol. The van der Waals surface area contributed by atoms with Crippen LogP contribution in [-0.4, -0.2) is 19.8 Å². The average molecular weight is 1060 g/mol. The third-order valence-corrected chi connectivity index (χ3v) is 15.9. The molecule has 392 valence electrons. The second kappa shape index (κ2) is 23.6. The molecular formula is C72H63O6P. The van der Waals surface area contributed by atoms with Gasteiger partial charge in [0.15, 0.2) is 0 Å². The lowest BCUT2D eigenvalue weighted by atomic mass is 9.92. The summed E-state index contributed by atoms with van der Waals surface area (Å²) in [7, 11) is -2.40. The van der Waals surface area contributed by atoms with Crippen molar-refractivity contribution in [3.63, 3.8) is 0 Å². The number of benzene rings is 12. The fourth-order valence-electron chi connectivity index (χ4n) is 10.9. The Morgan fingerprint density at radius 1 is 0.241 bits per heavy atom. The Morgan fingerprint density at radius 3 is 0.671 bits per heavy atom. The van der Waals surface area contributed by atoms with E-state index in [-0.39, 0.29) is 0 Å². The zero-order valence-corrected chi connectivity index (χ0v) is 45.9. The normalized spacial score (nSPS) is 11.5. The van der Waals surface area contributed by atoms with E-state index in [4.69, 9.17) is 27.8 Å². The molecule has 0 N–H and O–H groups in total. The van der Waals surface area contributed by atoms with Crippen LogP contribution in [0.1, 0.15) is 59.3 Å². The van der Waals surface area contributed by atoms with Crippen molar-refractivity contribution in [2.24, 2.45) is 0 Å². The van der Waals surface area contributed by atoms with Gasteiger partial charge in [0.2, 0.25) is 0 Å². The van der Waals surface area contributed by atoms with Crippen molar-refractivity contribution in [1.29, 1.82) is 0 Å². The van der Waals surface area contributed by atoms with Gasteiger partial charge in [0, 0.05) is 33.4 Å². The SMILES string of the molecule is CCCCOc1ccc2ccccc2c1-c1c(OP(Oc2ccc3ccccc3c2-c2c(OCCCC)ccc3ccccc23)Oc2ccc3ccccc3c2-c2c(OCCCC)ccc3ccccc23)ccc2ccccc12. The first-order valence-corrected chi connectivity index (χ1v) is 29.0. The molecule has 6 nitrogen and oxygen atoms in total. The summed E-state index contributed by atoms with van der Waals surface area (Å²) in [4.78, 5) is 0. The molecule has 0 saturated heterocycles. The first kappa shape index (κ1) is 51.2. The van der Waals surface area contributed by atoms with E-state index in [9.17, 15) is 0 Å². The molecule has 0 aromatic heterocycles. The van der Waals surface area contributed by atoms with Crippen molar-refractivity contribution in [2.45, 2.75) is 59.3 Å². The van der Waals surface area contributed by atoms with E-state index in [1.165, 1.54) is 0 Å². The molecule has 12 rings (SSSR count). The van der Waals surface area contributed by atoms with Gasteiger partial charge in [-0.05, 0) is 120 Å². The fraction of sp³-hybridized carbons (Fsp3) is 0.167. The van der Waals surface area contributed by atoms with Crippen molar-refractivity contribution in [3.8, 4) is 67.9 Å². The second-order valence-electron chi connectivity index (χ2n) is 20.1. The summed E-state index contributed by atoms with van der Waals surface area (Å²) in [5.41, 5.74) is 5.51. The van der Waals surface area contributed by atoms with Gasteiger partial charge in [0.1, 0.15) is 34.5 Å². The Balaban J connectivity index is 1.12. The number of hydrogen-bond acceptors (Lipinski definition) is 6. The number of hydrogen-bond donors (Lipinski definition) is 0. The second-order valence-corrected chi connectivity index (χ2v) is 21.1. The highest BCUT2D eigenvalue weighted by Gasteiger charge is 2.31. The maximum atomic E-state index is 7.65. The van der Waals surface area contributed by atoms with Crippen LogP contribution in [0.2, 0.25) is 0 Å². The molecule has 0 radical (unpaired) electrons. The lowest BCUT2D eigenvalue weighted by molar-refractivity contribution is 0.311. The van der Waals surface area contributed by atoms with Gasteiger partial charge in [-0.3, -0.25) is 0 Å². The van der Waals surface area contributed by atoms with E-state index >= 15 is 0 Å².